The highest BCUT2D eigenvalue weighted by Crippen LogP contribution is 2.26. The molecule has 2 rings (SSSR count). The summed E-state index contributed by atoms with van der Waals surface area (Å²) in [7, 11) is 4.19. The topological polar surface area (TPSA) is 50.3 Å². The van der Waals surface area contributed by atoms with Gasteiger partial charge in [0.15, 0.2) is 0 Å². The monoisotopic (exact) mass is 265 g/mol. The summed E-state index contributed by atoms with van der Waals surface area (Å²) < 4.78 is 1.94. The van der Waals surface area contributed by atoms with Crippen LogP contribution in [0.2, 0.25) is 0 Å². The predicted molar refractivity (Wildman–Crippen MR) is 78.0 cm³/mol. The molecule has 2 N–H and O–H groups in total. The average Bonchev–Trinajstić information content (AvgIpc) is 2.59. The lowest BCUT2D eigenvalue weighted by Gasteiger charge is -2.35. The Morgan fingerprint density at radius 1 is 1.42 bits per heavy atom. The molecule has 0 amide bonds. The Hall–Kier alpha value is -0.910. The minimum absolute atomic E-state index is 0.287. The standard InChI is InChI=1S/C14H27N5/c1-11-10-17(3)6-5-7-19(11)14(8-15)13-9-16-18(4)12(13)2/h9,11,14H,5-8,10,15H2,1-4H3. The first kappa shape index (κ1) is 14.5. The van der Waals surface area contributed by atoms with Gasteiger partial charge in [-0.15, -0.1) is 0 Å². The summed E-state index contributed by atoms with van der Waals surface area (Å²) in [5.74, 6) is 0. The Morgan fingerprint density at radius 3 is 2.74 bits per heavy atom. The fourth-order valence-electron chi connectivity index (χ4n) is 3.14. The van der Waals surface area contributed by atoms with Crippen molar-refractivity contribution in [2.24, 2.45) is 12.8 Å². The fraction of sp³-hybridized carbons (Fsp3) is 0.786. The number of aryl methyl sites for hydroxylation is 1. The van der Waals surface area contributed by atoms with Crippen LogP contribution in [-0.4, -0.2) is 58.8 Å². The van der Waals surface area contributed by atoms with Crippen LogP contribution in [-0.2, 0) is 7.05 Å². The van der Waals surface area contributed by atoms with Crippen molar-refractivity contribution in [1.29, 1.82) is 0 Å². The smallest absolute Gasteiger partial charge is 0.0540 e. The van der Waals surface area contributed by atoms with Gasteiger partial charge in [-0.2, -0.15) is 5.10 Å². The molecule has 0 spiro atoms. The highest BCUT2D eigenvalue weighted by Gasteiger charge is 2.28. The molecule has 1 aliphatic heterocycles. The van der Waals surface area contributed by atoms with Crippen LogP contribution in [0.1, 0.15) is 30.6 Å². The summed E-state index contributed by atoms with van der Waals surface area (Å²) in [6, 6.07) is 0.816. The third kappa shape index (κ3) is 2.99. The van der Waals surface area contributed by atoms with Crippen molar-refractivity contribution in [2.45, 2.75) is 32.4 Å². The Kier molecular flexibility index (Phi) is 4.60. The molecule has 0 radical (unpaired) electrons. The number of hydrogen-bond donors (Lipinski definition) is 1. The maximum Gasteiger partial charge on any atom is 0.0540 e. The Balaban J connectivity index is 2.23. The number of likely N-dealkylation sites (N-methyl/N-ethyl adjacent to an activating group) is 1. The Bertz CT molecular complexity index is 414. The second kappa shape index (κ2) is 6.03. The molecule has 2 heterocycles. The first-order valence-corrected chi connectivity index (χ1v) is 7.17. The van der Waals surface area contributed by atoms with E-state index in [9.17, 15) is 0 Å². The predicted octanol–water partition coefficient (Wildman–Crippen LogP) is 0.754. The fourth-order valence-corrected chi connectivity index (χ4v) is 3.14. The zero-order valence-corrected chi connectivity index (χ0v) is 12.6. The minimum Gasteiger partial charge on any atom is -0.329 e. The molecule has 0 saturated carbocycles. The van der Waals surface area contributed by atoms with Gasteiger partial charge in [0.05, 0.1) is 12.2 Å². The number of hydrogen-bond acceptors (Lipinski definition) is 4. The van der Waals surface area contributed by atoms with Crippen molar-refractivity contribution in [1.82, 2.24) is 19.6 Å². The molecule has 19 heavy (non-hydrogen) atoms. The van der Waals surface area contributed by atoms with Crippen LogP contribution in [0.3, 0.4) is 0 Å². The molecule has 0 bridgehead atoms. The van der Waals surface area contributed by atoms with Gasteiger partial charge in [-0.05, 0) is 33.9 Å². The largest absolute Gasteiger partial charge is 0.329 e. The van der Waals surface area contributed by atoms with Crippen LogP contribution in [0.15, 0.2) is 6.20 Å². The molecule has 0 aliphatic carbocycles. The van der Waals surface area contributed by atoms with Crippen LogP contribution >= 0.6 is 0 Å². The van der Waals surface area contributed by atoms with Crippen molar-refractivity contribution < 1.29 is 0 Å². The maximum absolute atomic E-state index is 6.07. The lowest BCUT2D eigenvalue weighted by molar-refractivity contribution is 0.146. The molecule has 108 valence electrons. The molecule has 5 heteroatoms. The van der Waals surface area contributed by atoms with E-state index in [1.807, 2.05) is 17.9 Å². The summed E-state index contributed by atoms with van der Waals surface area (Å²) >= 11 is 0. The van der Waals surface area contributed by atoms with Gasteiger partial charge in [0.2, 0.25) is 0 Å². The molecule has 1 fully saturated rings. The van der Waals surface area contributed by atoms with Crippen LogP contribution in [0, 0.1) is 6.92 Å². The molecule has 0 aromatic carbocycles. The molecule has 2 unspecified atom stereocenters. The summed E-state index contributed by atoms with van der Waals surface area (Å²) in [4.78, 5) is 4.96. The van der Waals surface area contributed by atoms with Gasteiger partial charge >= 0.3 is 0 Å². The van der Waals surface area contributed by atoms with E-state index in [2.05, 4.69) is 35.8 Å². The Morgan fingerprint density at radius 2 is 2.16 bits per heavy atom. The van der Waals surface area contributed by atoms with E-state index in [0.29, 0.717) is 12.6 Å². The van der Waals surface area contributed by atoms with E-state index < -0.39 is 0 Å². The van der Waals surface area contributed by atoms with Gasteiger partial charge in [-0.3, -0.25) is 9.58 Å². The summed E-state index contributed by atoms with van der Waals surface area (Å²) in [5, 5.41) is 4.37. The second-order valence-electron chi connectivity index (χ2n) is 5.76. The first-order chi connectivity index (χ1) is 9.04. The normalized spacial score (nSPS) is 24.4. The molecule has 1 aliphatic rings. The van der Waals surface area contributed by atoms with Crippen molar-refractivity contribution in [3.63, 3.8) is 0 Å². The van der Waals surface area contributed by atoms with Crippen molar-refractivity contribution in [2.75, 3.05) is 33.2 Å². The molecule has 1 saturated heterocycles. The number of aromatic nitrogens is 2. The van der Waals surface area contributed by atoms with Gasteiger partial charge in [0.25, 0.3) is 0 Å². The number of nitrogens with two attached hydrogens (primary N) is 1. The van der Waals surface area contributed by atoms with E-state index in [1.165, 1.54) is 24.2 Å². The van der Waals surface area contributed by atoms with E-state index in [1.54, 1.807) is 0 Å². The van der Waals surface area contributed by atoms with Crippen molar-refractivity contribution in [3.05, 3.63) is 17.5 Å². The van der Waals surface area contributed by atoms with Crippen molar-refractivity contribution in [3.8, 4) is 0 Å². The van der Waals surface area contributed by atoms with Gasteiger partial charge in [0, 0.05) is 44.0 Å². The average molecular weight is 265 g/mol. The number of rotatable bonds is 3. The third-order valence-electron chi connectivity index (χ3n) is 4.35. The van der Waals surface area contributed by atoms with Gasteiger partial charge in [-0.1, -0.05) is 0 Å². The van der Waals surface area contributed by atoms with E-state index in [-0.39, 0.29) is 6.04 Å². The molecule has 5 nitrogen and oxygen atoms in total. The van der Waals surface area contributed by atoms with Crippen LogP contribution in [0.25, 0.3) is 0 Å². The molecular weight excluding hydrogens is 238 g/mol. The second-order valence-corrected chi connectivity index (χ2v) is 5.76. The molecular formula is C14H27N5. The highest BCUT2D eigenvalue weighted by molar-refractivity contribution is 5.21. The molecule has 1 aromatic rings. The third-order valence-corrected chi connectivity index (χ3v) is 4.35. The molecule has 1 aromatic heterocycles. The Labute approximate surface area is 116 Å². The van der Waals surface area contributed by atoms with Crippen molar-refractivity contribution >= 4 is 0 Å². The summed E-state index contributed by atoms with van der Waals surface area (Å²) in [6.45, 7) is 8.47. The molecule has 2 atom stereocenters. The van der Waals surface area contributed by atoms with Crippen LogP contribution in [0.5, 0.6) is 0 Å². The van der Waals surface area contributed by atoms with Gasteiger partial charge in [0.1, 0.15) is 0 Å². The quantitative estimate of drug-likeness (QED) is 0.876. The first-order valence-electron chi connectivity index (χ1n) is 7.17. The lowest BCUT2D eigenvalue weighted by atomic mass is 10.0. The SMILES string of the molecule is Cc1c(C(CN)N2CCCN(C)CC2C)cnn1C. The van der Waals surface area contributed by atoms with Crippen LogP contribution < -0.4 is 5.73 Å². The summed E-state index contributed by atoms with van der Waals surface area (Å²) in [6.07, 6.45) is 3.19. The van der Waals surface area contributed by atoms with E-state index >= 15 is 0 Å². The maximum atomic E-state index is 6.07. The van der Waals surface area contributed by atoms with E-state index in [4.69, 9.17) is 5.73 Å². The zero-order chi connectivity index (χ0) is 14.0. The number of nitrogens with zero attached hydrogens (tertiary/aromatic N) is 4. The minimum atomic E-state index is 0.287. The van der Waals surface area contributed by atoms with Gasteiger partial charge < -0.3 is 10.6 Å². The van der Waals surface area contributed by atoms with Crippen LogP contribution in [0.4, 0.5) is 0 Å². The lowest BCUT2D eigenvalue weighted by Crippen LogP contribution is -2.43. The highest BCUT2D eigenvalue weighted by atomic mass is 15.3. The van der Waals surface area contributed by atoms with E-state index in [0.717, 1.165) is 13.1 Å². The zero-order valence-electron chi connectivity index (χ0n) is 12.6. The van der Waals surface area contributed by atoms with Gasteiger partial charge in [-0.25, -0.2) is 0 Å². The summed E-state index contributed by atoms with van der Waals surface area (Å²) in [5.41, 5.74) is 8.57.